The minimum absolute atomic E-state index is 0.0631. The predicted octanol–water partition coefficient (Wildman–Crippen LogP) is 3.21. The summed E-state index contributed by atoms with van der Waals surface area (Å²) in [5.74, 6) is 0.667. The first kappa shape index (κ1) is 9.64. The Bertz CT molecular complexity index is 456. The van der Waals surface area contributed by atoms with Crippen LogP contribution in [0.1, 0.15) is 31.2 Å². The van der Waals surface area contributed by atoms with Gasteiger partial charge in [0.2, 0.25) is 0 Å². The van der Waals surface area contributed by atoms with Crippen LogP contribution in [0.2, 0.25) is 0 Å². The summed E-state index contributed by atoms with van der Waals surface area (Å²) in [4.78, 5) is 11.8. The second kappa shape index (κ2) is 3.78. The van der Waals surface area contributed by atoms with Crippen molar-refractivity contribution in [1.29, 1.82) is 0 Å². The van der Waals surface area contributed by atoms with Gasteiger partial charge in [0.05, 0.1) is 0 Å². The van der Waals surface area contributed by atoms with Gasteiger partial charge in [-0.1, -0.05) is 37.1 Å². The van der Waals surface area contributed by atoms with Crippen LogP contribution in [0.15, 0.2) is 30.3 Å². The number of allylic oxidation sites excluding steroid dienone is 1. The number of benzene rings is 1. The number of amides is 1. The average Bonchev–Trinajstić information content (AvgIpc) is 2.89. The Morgan fingerprint density at radius 2 is 1.94 bits per heavy atom. The van der Waals surface area contributed by atoms with Crippen LogP contribution in [-0.2, 0) is 4.79 Å². The van der Waals surface area contributed by atoms with Crippen molar-refractivity contribution in [3.8, 4) is 0 Å². The summed E-state index contributed by atoms with van der Waals surface area (Å²) in [5.41, 5.74) is 2.90. The molecule has 0 spiro atoms. The molecule has 3 rings (SSSR count). The average molecular weight is 213 g/mol. The molecule has 1 aromatic carbocycles. The maximum atomic E-state index is 11.8. The highest BCUT2D eigenvalue weighted by molar-refractivity contribution is 6.31. The molecule has 82 valence electrons. The number of para-hydroxylation sites is 1. The fourth-order valence-electron chi connectivity index (χ4n) is 2.66. The number of nitrogens with one attached hydrogen (secondary N) is 1. The van der Waals surface area contributed by atoms with Crippen molar-refractivity contribution in [3.05, 3.63) is 35.9 Å². The van der Waals surface area contributed by atoms with Crippen molar-refractivity contribution in [2.45, 2.75) is 25.7 Å². The summed E-state index contributed by atoms with van der Waals surface area (Å²) >= 11 is 0. The van der Waals surface area contributed by atoms with Gasteiger partial charge in [-0.15, -0.1) is 0 Å². The molecule has 1 aliphatic carbocycles. The summed E-state index contributed by atoms with van der Waals surface area (Å²) in [6, 6.07) is 7.93. The number of carbonyl (C=O) groups excluding carboxylic acids is 1. The monoisotopic (exact) mass is 213 g/mol. The molecule has 0 unspecified atom stereocenters. The smallest absolute Gasteiger partial charge is 0.256 e. The maximum Gasteiger partial charge on any atom is 0.256 e. The van der Waals surface area contributed by atoms with E-state index in [4.69, 9.17) is 0 Å². The van der Waals surface area contributed by atoms with Crippen molar-refractivity contribution in [1.82, 2.24) is 0 Å². The van der Waals surface area contributed by atoms with Crippen LogP contribution >= 0.6 is 0 Å². The molecule has 1 fully saturated rings. The molecule has 16 heavy (non-hydrogen) atoms. The minimum Gasteiger partial charge on any atom is -0.321 e. The Labute approximate surface area is 95.4 Å². The zero-order chi connectivity index (χ0) is 11.0. The fourth-order valence-corrected chi connectivity index (χ4v) is 2.66. The lowest BCUT2D eigenvalue weighted by atomic mass is 10.00. The molecule has 0 atom stereocenters. The molecule has 2 aliphatic rings. The number of fused-ring (bicyclic) bond motifs is 1. The highest BCUT2D eigenvalue weighted by Gasteiger charge is 2.25. The first-order valence-electron chi connectivity index (χ1n) is 5.97. The zero-order valence-electron chi connectivity index (χ0n) is 9.20. The molecule has 1 aliphatic heterocycles. The molecule has 0 aromatic heterocycles. The van der Waals surface area contributed by atoms with E-state index in [0.29, 0.717) is 5.92 Å². The normalized spacial score (nSPS) is 22.5. The quantitative estimate of drug-likeness (QED) is 0.713. The van der Waals surface area contributed by atoms with Gasteiger partial charge in [0, 0.05) is 16.8 Å². The van der Waals surface area contributed by atoms with Crippen molar-refractivity contribution >= 4 is 17.2 Å². The Morgan fingerprint density at radius 3 is 2.75 bits per heavy atom. The van der Waals surface area contributed by atoms with E-state index in [1.807, 2.05) is 24.3 Å². The van der Waals surface area contributed by atoms with Crippen molar-refractivity contribution in [2.75, 3.05) is 5.32 Å². The molecule has 2 nitrogen and oxygen atoms in total. The molecular weight excluding hydrogens is 198 g/mol. The highest BCUT2D eigenvalue weighted by atomic mass is 16.2. The fraction of sp³-hybridized carbons (Fsp3) is 0.357. The molecule has 0 bridgehead atoms. The van der Waals surface area contributed by atoms with E-state index in [9.17, 15) is 4.79 Å². The predicted molar refractivity (Wildman–Crippen MR) is 65.0 cm³/mol. The van der Waals surface area contributed by atoms with Crippen molar-refractivity contribution < 1.29 is 4.79 Å². The van der Waals surface area contributed by atoms with Gasteiger partial charge in [-0.2, -0.15) is 0 Å². The van der Waals surface area contributed by atoms with Gasteiger partial charge in [0.1, 0.15) is 0 Å². The van der Waals surface area contributed by atoms with Crippen LogP contribution in [-0.4, -0.2) is 5.91 Å². The van der Waals surface area contributed by atoms with Gasteiger partial charge in [-0.25, -0.2) is 0 Å². The minimum atomic E-state index is 0.0631. The summed E-state index contributed by atoms with van der Waals surface area (Å²) < 4.78 is 0. The van der Waals surface area contributed by atoms with Crippen LogP contribution in [0.25, 0.3) is 5.57 Å². The molecule has 0 saturated heterocycles. The molecular formula is C14H15NO. The van der Waals surface area contributed by atoms with Crippen molar-refractivity contribution in [3.63, 3.8) is 0 Å². The van der Waals surface area contributed by atoms with Crippen LogP contribution in [0, 0.1) is 5.92 Å². The molecule has 1 N–H and O–H groups in total. The second-order valence-electron chi connectivity index (χ2n) is 4.62. The van der Waals surface area contributed by atoms with E-state index in [2.05, 4.69) is 11.4 Å². The molecule has 1 saturated carbocycles. The Hall–Kier alpha value is -1.57. The number of rotatable bonds is 1. The van der Waals surface area contributed by atoms with Crippen LogP contribution in [0.3, 0.4) is 0 Å². The van der Waals surface area contributed by atoms with E-state index in [1.54, 1.807) is 0 Å². The van der Waals surface area contributed by atoms with E-state index in [1.165, 1.54) is 25.7 Å². The number of carbonyl (C=O) groups is 1. The van der Waals surface area contributed by atoms with Gasteiger partial charge in [0.15, 0.2) is 0 Å². The zero-order valence-corrected chi connectivity index (χ0v) is 9.20. The summed E-state index contributed by atoms with van der Waals surface area (Å²) in [6.45, 7) is 0. The Morgan fingerprint density at radius 1 is 1.19 bits per heavy atom. The molecule has 2 heteroatoms. The molecule has 1 aromatic rings. The second-order valence-corrected chi connectivity index (χ2v) is 4.62. The van der Waals surface area contributed by atoms with E-state index in [-0.39, 0.29) is 5.91 Å². The summed E-state index contributed by atoms with van der Waals surface area (Å²) in [6.07, 6.45) is 7.25. The highest BCUT2D eigenvalue weighted by Crippen LogP contribution is 2.35. The van der Waals surface area contributed by atoms with Crippen LogP contribution < -0.4 is 5.32 Å². The van der Waals surface area contributed by atoms with Gasteiger partial charge >= 0.3 is 0 Å². The lowest BCUT2D eigenvalue weighted by Crippen LogP contribution is -2.05. The van der Waals surface area contributed by atoms with Crippen molar-refractivity contribution in [2.24, 2.45) is 5.92 Å². The van der Waals surface area contributed by atoms with Crippen LogP contribution in [0.5, 0.6) is 0 Å². The topological polar surface area (TPSA) is 29.1 Å². The van der Waals surface area contributed by atoms with E-state index in [0.717, 1.165) is 16.8 Å². The Balaban J connectivity index is 1.98. The third kappa shape index (κ3) is 1.54. The molecule has 1 heterocycles. The van der Waals surface area contributed by atoms with Crippen LogP contribution in [0.4, 0.5) is 5.69 Å². The standard InChI is InChI=1S/C14H15NO/c16-14-12(9-10-5-1-2-6-10)11-7-3-4-8-13(11)15-14/h3-4,7-10H,1-2,5-6H2,(H,15,16). The number of anilines is 1. The maximum absolute atomic E-state index is 11.8. The largest absolute Gasteiger partial charge is 0.321 e. The van der Waals surface area contributed by atoms with Gasteiger partial charge in [-0.05, 0) is 24.8 Å². The molecule has 1 amide bonds. The van der Waals surface area contributed by atoms with E-state index < -0.39 is 0 Å². The SMILES string of the molecule is O=C1Nc2ccccc2C1=CC1CCCC1. The number of hydrogen-bond acceptors (Lipinski definition) is 1. The molecule has 0 radical (unpaired) electrons. The van der Waals surface area contributed by atoms with Gasteiger partial charge < -0.3 is 5.32 Å². The third-order valence-electron chi connectivity index (χ3n) is 3.51. The first-order valence-corrected chi connectivity index (χ1v) is 5.97. The lowest BCUT2D eigenvalue weighted by molar-refractivity contribution is -0.110. The number of hydrogen-bond donors (Lipinski definition) is 1. The first-order chi connectivity index (χ1) is 7.84. The summed E-state index contributed by atoms with van der Waals surface area (Å²) in [5, 5.41) is 2.91. The third-order valence-corrected chi connectivity index (χ3v) is 3.51. The summed E-state index contributed by atoms with van der Waals surface area (Å²) in [7, 11) is 0. The van der Waals surface area contributed by atoms with Gasteiger partial charge in [-0.3, -0.25) is 4.79 Å². The van der Waals surface area contributed by atoms with E-state index >= 15 is 0 Å². The lowest BCUT2D eigenvalue weighted by Gasteiger charge is -2.03. The van der Waals surface area contributed by atoms with Gasteiger partial charge in [0.25, 0.3) is 5.91 Å². The Kier molecular flexibility index (Phi) is 2.28.